The number of H-pyrrole nitrogens is 1. The van der Waals surface area contributed by atoms with Crippen LogP contribution in [0, 0.1) is 0 Å². The van der Waals surface area contributed by atoms with Crippen LogP contribution in [0.4, 0.5) is 0 Å². The molecule has 0 bridgehead atoms. The third-order valence-electron chi connectivity index (χ3n) is 3.52. The van der Waals surface area contributed by atoms with Gasteiger partial charge in [0.2, 0.25) is 0 Å². The highest BCUT2D eigenvalue weighted by Crippen LogP contribution is 2.34. The van der Waals surface area contributed by atoms with Gasteiger partial charge in [-0.15, -0.1) is 0 Å². The van der Waals surface area contributed by atoms with Gasteiger partial charge in [-0.25, -0.2) is 4.98 Å². The van der Waals surface area contributed by atoms with Crippen molar-refractivity contribution in [3.63, 3.8) is 0 Å². The highest BCUT2D eigenvalue weighted by Gasteiger charge is 2.39. The average Bonchev–Trinajstić information content (AvgIpc) is 2.67. The Morgan fingerprint density at radius 2 is 2.11 bits per heavy atom. The van der Waals surface area contributed by atoms with Gasteiger partial charge in [-0.05, 0) is 23.1 Å². The summed E-state index contributed by atoms with van der Waals surface area (Å²) in [5.74, 6) is 0. The van der Waals surface area contributed by atoms with Crippen LogP contribution in [0.1, 0.15) is 32.0 Å². The maximum atomic E-state index is 10.3. The predicted octanol–water partition coefficient (Wildman–Crippen LogP) is 2.08. The number of rotatable bonds is 1. The quantitative estimate of drug-likeness (QED) is 0.810. The van der Waals surface area contributed by atoms with Crippen molar-refractivity contribution in [2.24, 2.45) is 0 Å². The molecular weight excluding hydrogens is 228 g/mol. The molecular formula is C14H18N2O2. The van der Waals surface area contributed by atoms with Gasteiger partial charge in [0.15, 0.2) is 5.60 Å². The lowest BCUT2D eigenvalue weighted by atomic mass is 9.85. The van der Waals surface area contributed by atoms with E-state index in [1.165, 1.54) is 5.56 Å². The normalized spacial score (nSPS) is 18.9. The van der Waals surface area contributed by atoms with Gasteiger partial charge < -0.3 is 14.8 Å². The Kier molecular flexibility index (Phi) is 2.31. The van der Waals surface area contributed by atoms with Gasteiger partial charge in [0.25, 0.3) is 0 Å². The van der Waals surface area contributed by atoms with Gasteiger partial charge in [0.1, 0.15) is 5.65 Å². The molecule has 1 fully saturated rings. The Morgan fingerprint density at radius 1 is 1.39 bits per heavy atom. The van der Waals surface area contributed by atoms with E-state index in [2.05, 4.69) is 30.7 Å². The van der Waals surface area contributed by atoms with E-state index in [0.717, 1.165) is 16.7 Å². The van der Waals surface area contributed by atoms with Crippen molar-refractivity contribution in [2.75, 3.05) is 13.2 Å². The Hall–Kier alpha value is -1.39. The smallest absolute Gasteiger partial charge is 0.151 e. The fourth-order valence-corrected chi connectivity index (χ4v) is 2.38. The van der Waals surface area contributed by atoms with Gasteiger partial charge in [0, 0.05) is 11.6 Å². The Morgan fingerprint density at radius 3 is 2.67 bits per heavy atom. The SMILES string of the molecule is CC(C)(C)c1ccnc2[nH]c(C3(O)COC3)cc12. The van der Waals surface area contributed by atoms with Crippen LogP contribution in [0.3, 0.4) is 0 Å². The Bertz CT molecular complexity index is 591. The van der Waals surface area contributed by atoms with Crippen LogP contribution < -0.4 is 0 Å². The largest absolute Gasteiger partial charge is 0.379 e. The Balaban J connectivity index is 2.18. The molecule has 96 valence electrons. The molecule has 3 rings (SSSR count). The summed E-state index contributed by atoms with van der Waals surface area (Å²) in [5, 5.41) is 11.4. The summed E-state index contributed by atoms with van der Waals surface area (Å²) in [6, 6.07) is 4.05. The molecule has 2 aromatic rings. The molecule has 2 aromatic heterocycles. The van der Waals surface area contributed by atoms with E-state index in [-0.39, 0.29) is 5.41 Å². The summed E-state index contributed by atoms with van der Waals surface area (Å²) in [4.78, 5) is 7.55. The van der Waals surface area contributed by atoms with Crippen molar-refractivity contribution in [3.05, 3.63) is 29.6 Å². The average molecular weight is 246 g/mol. The van der Waals surface area contributed by atoms with Crippen LogP contribution in [-0.2, 0) is 15.8 Å². The van der Waals surface area contributed by atoms with Crippen molar-refractivity contribution in [3.8, 4) is 0 Å². The molecule has 18 heavy (non-hydrogen) atoms. The number of hydrogen-bond acceptors (Lipinski definition) is 3. The maximum absolute atomic E-state index is 10.3. The fourth-order valence-electron chi connectivity index (χ4n) is 2.38. The maximum Gasteiger partial charge on any atom is 0.151 e. The molecule has 4 nitrogen and oxygen atoms in total. The number of aromatic nitrogens is 2. The minimum atomic E-state index is -0.865. The molecule has 0 aromatic carbocycles. The van der Waals surface area contributed by atoms with E-state index in [1.807, 2.05) is 18.3 Å². The number of nitrogens with zero attached hydrogens (tertiary/aromatic N) is 1. The summed E-state index contributed by atoms with van der Waals surface area (Å²) in [6.07, 6.45) is 1.81. The van der Waals surface area contributed by atoms with Crippen molar-refractivity contribution < 1.29 is 9.84 Å². The Labute approximate surface area is 106 Å². The van der Waals surface area contributed by atoms with Crippen LogP contribution in [0.2, 0.25) is 0 Å². The minimum absolute atomic E-state index is 0.0549. The van der Waals surface area contributed by atoms with Crippen molar-refractivity contribution in [2.45, 2.75) is 31.8 Å². The molecule has 2 N–H and O–H groups in total. The van der Waals surface area contributed by atoms with Crippen molar-refractivity contribution >= 4 is 11.0 Å². The molecule has 3 heterocycles. The third-order valence-corrected chi connectivity index (χ3v) is 3.52. The molecule has 1 aliphatic heterocycles. The van der Waals surface area contributed by atoms with Gasteiger partial charge in [-0.2, -0.15) is 0 Å². The number of ether oxygens (including phenoxy) is 1. The predicted molar refractivity (Wildman–Crippen MR) is 69.5 cm³/mol. The number of aromatic amines is 1. The lowest BCUT2D eigenvalue weighted by molar-refractivity contribution is -0.186. The molecule has 4 heteroatoms. The van der Waals surface area contributed by atoms with E-state index in [9.17, 15) is 5.11 Å². The second kappa shape index (κ2) is 3.56. The zero-order valence-corrected chi connectivity index (χ0v) is 10.9. The summed E-state index contributed by atoms with van der Waals surface area (Å²) in [5.41, 5.74) is 2.06. The molecule has 1 saturated heterocycles. The zero-order chi connectivity index (χ0) is 13.0. The molecule has 0 spiro atoms. The molecule has 1 aliphatic rings. The van der Waals surface area contributed by atoms with Gasteiger partial charge >= 0.3 is 0 Å². The molecule has 0 aliphatic carbocycles. The minimum Gasteiger partial charge on any atom is -0.379 e. The summed E-state index contributed by atoms with van der Waals surface area (Å²) in [7, 11) is 0. The van der Waals surface area contributed by atoms with E-state index in [1.54, 1.807) is 0 Å². The molecule has 0 unspecified atom stereocenters. The van der Waals surface area contributed by atoms with E-state index >= 15 is 0 Å². The lowest BCUT2D eigenvalue weighted by Gasteiger charge is -2.35. The van der Waals surface area contributed by atoms with Crippen LogP contribution in [0.5, 0.6) is 0 Å². The molecule has 0 amide bonds. The van der Waals surface area contributed by atoms with E-state index < -0.39 is 5.60 Å². The van der Waals surface area contributed by atoms with E-state index in [0.29, 0.717) is 13.2 Å². The highest BCUT2D eigenvalue weighted by atomic mass is 16.5. The highest BCUT2D eigenvalue weighted by molar-refractivity contribution is 5.81. The van der Waals surface area contributed by atoms with Crippen LogP contribution >= 0.6 is 0 Å². The number of pyridine rings is 1. The van der Waals surface area contributed by atoms with Crippen molar-refractivity contribution in [1.29, 1.82) is 0 Å². The van der Waals surface area contributed by atoms with Gasteiger partial charge in [-0.3, -0.25) is 0 Å². The number of fused-ring (bicyclic) bond motifs is 1. The first-order valence-electron chi connectivity index (χ1n) is 6.19. The number of hydrogen-bond donors (Lipinski definition) is 2. The standard InChI is InChI=1S/C14H18N2O2/c1-13(2,3)10-4-5-15-12-9(10)6-11(16-12)14(17)7-18-8-14/h4-6,17H,7-8H2,1-3H3,(H,15,16). The molecule has 0 atom stereocenters. The van der Waals surface area contributed by atoms with Crippen LogP contribution in [0.25, 0.3) is 11.0 Å². The van der Waals surface area contributed by atoms with E-state index in [4.69, 9.17) is 4.74 Å². The summed E-state index contributed by atoms with van der Waals surface area (Å²) >= 11 is 0. The summed E-state index contributed by atoms with van der Waals surface area (Å²) < 4.78 is 5.10. The number of nitrogens with one attached hydrogen (secondary N) is 1. The topological polar surface area (TPSA) is 58.1 Å². The monoisotopic (exact) mass is 246 g/mol. The van der Waals surface area contributed by atoms with Crippen LogP contribution in [-0.4, -0.2) is 28.3 Å². The fraction of sp³-hybridized carbons (Fsp3) is 0.500. The molecule has 0 saturated carbocycles. The van der Waals surface area contributed by atoms with Crippen molar-refractivity contribution in [1.82, 2.24) is 9.97 Å². The van der Waals surface area contributed by atoms with Gasteiger partial charge in [0.05, 0.1) is 18.9 Å². The third kappa shape index (κ3) is 1.64. The van der Waals surface area contributed by atoms with Gasteiger partial charge in [-0.1, -0.05) is 20.8 Å². The van der Waals surface area contributed by atoms with Crippen LogP contribution in [0.15, 0.2) is 18.3 Å². The second-order valence-corrected chi connectivity index (χ2v) is 6.08. The zero-order valence-electron chi connectivity index (χ0n) is 10.9. The first-order chi connectivity index (χ1) is 8.40. The first kappa shape index (κ1) is 11.7. The number of aliphatic hydroxyl groups is 1. The molecule has 0 radical (unpaired) electrons. The summed E-state index contributed by atoms with van der Waals surface area (Å²) in [6.45, 7) is 7.23. The second-order valence-electron chi connectivity index (χ2n) is 6.08. The first-order valence-corrected chi connectivity index (χ1v) is 6.19. The lowest BCUT2D eigenvalue weighted by Crippen LogP contribution is -2.46.